The van der Waals surface area contributed by atoms with E-state index in [1.807, 2.05) is 0 Å². The molecule has 2 atom stereocenters. The number of hydrogen-bond donors (Lipinski definition) is 1. The monoisotopic (exact) mass is 174 g/mol. The van der Waals surface area contributed by atoms with E-state index in [-0.39, 0.29) is 6.67 Å². The highest BCUT2D eigenvalue weighted by Gasteiger charge is 2.22. The van der Waals surface area contributed by atoms with Crippen LogP contribution in [0.15, 0.2) is 0 Å². The number of nitrogens with two attached hydrogens (primary N) is 1. The fourth-order valence-corrected chi connectivity index (χ4v) is 1.66. The van der Waals surface area contributed by atoms with E-state index in [4.69, 9.17) is 5.73 Å². The summed E-state index contributed by atoms with van der Waals surface area (Å²) < 4.78 is 11.9. The van der Waals surface area contributed by atoms with Gasteiger partial charge < -0.3 is 10.6 Å². The molecule has 72 valence electrons. The lowest BCUT2D eigenvalue weighted by molar-refractivity contribution is 0.164. The Morgan fingerprint density at radius 2 is 2.33 bits per heavy atom. The van der Waals surface area contributed by atoms with Crippen LogP contribution in [0.5, 0.6) is 0 Å². The summed E-state index contributed by atoms with van der Waals surface area (Å²) >= 11 is 0. The molecule has 0 aliphatic carbocycles. The molecule has 1 rings (SSSR count). The van der Waals surface area contributed by atoms with Crippen LogP contribution in [0.4, 0.5) is 4.39 Å². The van der Waals surface area contributed by atoms with Gasteiger partial charge in [0.05, 0.1) is 6.67 Å². The molecule has 0 bridgehead atoms. The number of halogens is 1. The van der Waals surface area contributed by atoms with Gasteiger partial charge in [0.15, 0.2) is 0 Å². The van der Waals surface area contributed by atoms with Crippen molar-refractivity contribution in [3.05, 3.63) is 0 Å². The Morgan fingerprint density at radius 3 is 2.92 bits per heavy atom. The first-order chi connectivity index (χ1) is 5.74. The van der Waals surface area contributed by atoms with Crippen molar-refractivity contribution < 1.29 is 4.39 Å². The lowest BCUT2D eigenvalue weighted by Crippen LogP contribution is -2.47. The molecule has 3 heteroatoms. The topological polar surface area (TPSA) is 29.3 Å². The van der Waals surface area contributed by atoms with E-state index in [1.54, 1.807) is 0 Å². The van der Waals surface area contributed by atoms with Crippen molar-refractivity contribution in [3.63, 3.8) is 0 Å². The van der Waals surface area contributed by atoms with E-state index in [2.05, 4.69) is 11.8 Å². The second kappa shape index (κ2) is 4.77. The summed E-state index contributed by atoms with van der Waals surface area (Å²) in [5.74, 6) is 0.631. The summed E-state index contributed by atoms with van der Waals surface area (Å²) in [6, 6.07) is 0.290. The van der Waals surface area contributed by atoms with Crippen molar-refractivity contribution in [1.82, 2.24) is 4.90 Å². The number of hydrogen-bond acceptors (Lipinski definition) is 2. The molecule has 2 nitrogen and oxygen atoms in total. The zero-order valence-corrected chi connectivity index (χ0v) is 7.80. The molecular weight excluding hydrogens is 155 g/mol. The Kier molecular flexibility index (Phi) is 3.95. The first kappa shape index (κ1) is 9.93. The maximum Gasteiger partial charge on any atom is 0.0906 e. The highest BCUT2D eigenvalue weighted by Crippen LogP contribution is 2.15. The first-order valence-electron chi connectivity index (χ1n) is 4.78. The molecule has 1 aliphatic heterocycles. The molecule has 0 spiro atoms. The van der Waals surface area contributed by atoms with Crippen LogP contribution >= 0.6 is 0 Å². The van der Waals surface area contributed by atoms with E-state index in [9.17, 15) is 4.39 Å². The highest BCUT2D eigenvalue weighted by molar-refractivity contribution is 4.80. The molecule has 0 aromatic rings. The Morgan fingerprint density at radius 1 is 1.58 bits per heavy atom. The van der Waals surface area contributed by atoms with Crippen LogP contribution in [0.3, 0.4) is 0 Å². The molecule has 0 radical (unpaired) electrons. The van der Waals surface area contributed by atoms with E-state index < -0.39 is 0 Å². The number of rotatable bonds is 3. The second-order valence-corrected chi connectivity index (χ2v) is 3.77. The van der Waals surface area contributed by atoms with E-state index in [0.29, 0.717) is 18.4 Å². The minimum atomic E-state index is -0.207. The standard InChI is InChI=1S/C9H19FN2/c1-8-3-6-12(5-2-4-10)7-9(8)11/h8-9H,2-7,11H2,1H3. The Labute approximate surface area is 73.9 Å². The number of likely N-dealkylation sites (tertiary alicyclic amines) is 1. The molecule has 1 saturated heterocycles. The first-order valence-corrected chi connectivity index (χ1v) is 4.78. The van der Waals surface area contributed by atoms with Gasteiger partial charge in [-0.05, 0) is 25.3 Å². The van der Waals surface area contributed by atoms with Crippen molar-refractivity contribution in [2.24, 2.45) is 11.7 Å². The van der Waals surface area contributed by atoms with Crippen molar-refractivity contribution in [2.45, 2.75) is 25.8 Å². The lowest BCUT2D eigenvalue weighted by Gasteiger charge is -2.34. The smallest absolute Gasteiger partial charge is 0.0906 e. The van der Waals surface area contributed by atoms with Gasteiger partial charge in [-0.3, -0.25) is 4.39 Å². The minimum absolute atomic E-state index is 0.207. The third kappa shape index (κ3) is 2.72. The summed E-state index contributed by atoms with van der Waals surface area (Å²) in [6.45, 7) is 4.89. The summed E-state index contributed by atoms with van der Waals surface area (Å²) in [7, 11) is 0. The molecule has 2 N–H and O–H groups in total. The quantitative estimate of drug-likeness (QED) is 0.692. The van der Waals surface area contributed by atoms with Gasteiger partial charge in [0.2, 0.25) is 0 Å². The van der Waals surface area contributed by atoms with Gasteiger partial charge in [0, 0.05) is 19.1 Å². The van der Waals surface area contributed by atoms with Crippen LogP contribution in [0.2, 0.25) is 0 Å². The number of alkyl halides is 1. The number of piperidine rings is 1. The molecule has 0 saturated carbocycles. The van der Waals surface area contributed by atoms with E-state index in [1.165, 1.54) is 0 Å². The van der Waals surface area contributed by atoms with Crippen molar-refractivity contribution in [3.8, 4) is 0 Å². The third-order valence-corrected chi connectivity index (χ3v) is 2.71. The molecule has 2 unspecified atom stereocenters. The molecule has 0 aromatic carbocycles. The maximum atomic E-state index is 11.9. The molecule has 1 heterocycles. The van der Waals surface area contributed by atoms with Crippen molar-refractivity contribution in [1.29, 1.82) is 0 Å². The van der Waals surface area contributed by atoms with Crippen LogP contribution in [0, 0.1) is 5.92 Å². The van der Waals surface area contributed by atoms with E-state index in [0.717, 1.165) is 26.1 Å². The summed E-state index contributed by atoms with van der Waals surface area (Å²) in [6.07, 6.45) is 1.81. The van der Waals surface area contributed by atoms with Gasteiger partial charge in [0.1, 0.15) is 0 Å². The zero-order chi connectivity index (χ0) is 8.97. The predicted octanol–water partition coefficient (Wildman–Crippen LogP) is 1.02. The van der Waals surface area contributed by atoms with Gasteiger partial charge in [0.25, 0.3) is 0 Å². The molecule has 0 aromatic heterocycles. The van der Waals surface area contributed by atoms with E-state index >= 15 is 0 Å². The maximum absolute atomic E-state index is 11.9. The molecular formula is C9H19FN2. The summed E-state index contributed by atoms with van der Waals surface area (Å²) in [5, 5.41) is 0. The van der Waals surface area contributed by atoms with Gasteiger partial charge in [-0.1, -0.05) is 6.92 Å². The minimum Gasteiger partial charge on any atom is -0.326 e. The summed E-state index contributed by atoms with van der Waals surface area (Å²) in [4.78, 5) is 2.27. The molecule has 0 amide bonds. The van der Waals surface area contributed by atoms with Gasteiger partial charge in [-0.15, -0.1) is 0 Å². The van der Waals surface area contributed by atoms with Gasteiger partial charge in [-0.25, -0.2) is 0 Å². The molecule has 1 fully saturated rings. The fraction of sp³-hybridized carbons (Fsp3) is 1.00. The van der Waals surface area contributed by atoms with Crippen LogP contribution < -0.4 is 5.73 Å². The van der Waals surface area contributed by atoms with Crippen molar-refractivity contribution >= 4 is 0 Å². The highest BCUT2D eigenvalue weighted by atomic mass is 19.1. The molecule has 1 aliphatic rings. The van der Waals surface area contributed by atoms with Crippen LogP contribution in [0.1, 0.15) is 19.8 Å². The Bertz CT molecular complexity index is 128. The SMILES string of the molecule is CC1CCN(CCCF)CC1N. The predicted molar refractivity (Wildman–Crippen MR) is 48.8 cm³/mol. The Hall–Kier alpha value is -0.150. The van der Waals surface area contributed by atoms with Crippen LogP contribution in [-0.2, 0) is 0 Å². The average Bonchev–Trinajstić information content (AvgIpc) is 2.07. The molecule has 12 heavy (non-hydrogen) atoms. The fourth-order valence-electron chi connectivity index (χ4n) is 1.66. The largest absolute Gasteiger partial charge is 0.326 e. The number of nitrogens with zero attached hydrogens (tertiary/aromatic N) is 1. The van der Waals surface area contributed by atoms with Crippen LogP contribution in [0.25, 0.3) is 0 Å². The van der Waals surface area contributed by atoms with Crippen LogP contribution in [-0.4, -0.2) is 37.3 Å². The average molecular weight is 174 g/mol. The van der Waals surface area contributed by atoms with Gasteiger partial charge in [-0.2, -0.15) is 0 Å². The second-order valence-electron chi connectivity index (χ2n) is 3.77. The summed E-state index contributed by atoms with van der Waals surface area (Å²) in [5.41, 5.74) is 5.90. The van der Waals surface area contributed by atoms with Gasteiger partial charge >= 0.3 is 0 Å². The van der Waals surface area contributed by atoms with Crippen molar-refractivity contribution in [2.75, 3.05) is 26.3 Å². The normalized spacial score (nSPS) is 32.2. The zero-order valence-electron chi connectivity index (χ0n) is 7.80. The third-order valence-electron chi connectivity index (χ3n) is 2.71. The lowest BCUT2D eigenvalue weighted by atomic mass is 9.94. The Balaban J connectivity index is 2.21.